The van der Waals surface area contributed by atoms with Gasteiger partial charge in [0, 0.05) is 24.5 Å². The Kier molecular flexibility index (Phi) is 3.91. The lowest BCUT2D eigenvalue weighted by molar-refractivity contribution is 0.825. The maximum absolute atomic E-state index is 3.55. The van der Waals surface area contributed by atoms with Gasteiger partial charge in [0.05, 0.1) is 0 Å². The van der Waals surface area contributed by atoms with E-state index in [4.69, 9.17) is 0 Å². The average Bonchev–Trinajstić information content (AvgIpc) is 2.53. The normalized spacial score (nSPS) is 13.4. The molecule has 20 heavy (non-hydrogen) atoms. The van der Waals surface area contributed by atoms with E-state index in [1.54, 1.807) is 0 Å². The molecule has 0 atom stereocenters. The SMILES string of the molecule is CCc1ccc(NCc2cccc3c2NCCC3)cc1. The summed E-state index contributed by atoms with van der Waals surface area (Å²) in [5, 5.41) is 7.07. The summed E-state index contributed by atoms with van der Waals surface area (Å²) < 4.78 is 0. The Bertz CT molecular complexity index is 572. The molecule has 0 spiro atoms. The fourth-order valence-electron chi connectivity index (χ4n) is 2.78. The zero-order valence-corrected chi connectivity index (χ0v) is 12.1. The first-order valence-corrected chi connectivity index (χ1v) is 7.54. The number of benzene rings is 2. The van der Waals surface area contributed by atoms with Crippen LogP contribution < -0.4 is 10.6 Å². The van der Waals surface area contributed by atoms with Crippen LogP contribution in [0.15, 0.2) is 42.5 Å². The number of hydrogen-bond acceptors (Lipinski definition) is 2. The molecule has 0 fully saturated rings. The number of hydrogen-bond donors (Lipinski definition) is 2. The van der Waals surface area contributed by atoms with Crippen LogP contribution in [0.3, 0.4) is 0 Å². The minimum Gasteiger partial charge on any atom is -0.385 e. The molecular formula is C18H22N2. The minimum atomic E-state index is 0.877. The Balaban J connectivity index is 1.71. The number of rotatable bonds is 4. The van der Waals surface area contributed by atoms with Crippen molar-refractivity contribution >= 4 is 11.4 Å². The van der Waals surface area contributed by atoms with Gasteiger partial charge in [-0.1, -0.05) is 37.3 Å². The molecule has 1 heterocycles. The maximum atomic E-state index is 3.55. The van der Waals surface area contributed by atoms with E-state index in [9.17, 15) is 0 Å². The molecule has 2 aromatic carbocycles. The van der Waals surface area contributed by atoms with Crippen LogP contribution in [0.5, 0.6) is 0 Å². The van der Waals surface area contributed by atoms with Crippen LogP contribution in [-0.2, 0) is 19.4 Å². The molecule has 1 aliphatic rings. The largest absolute Gasteiger partial charge is 0.385 e. The van der Waals surface area contributed by atoms with Crippen molar-refractivity contribution in [3.63, 3.8) is 0 Å². The third-order valence-corrected chi connectivity index (χ3v) is 4.01. The molecule has 0 amide bonds. The zero-order valence-electron chi connectivity index (χ0n) is 12.1. The van der Waals surface area contributed by atoms with Gasteiger partial charge in [-0.25, -0.2) is 0 Å². The van der Waals surface area contributed by atoms with Crippen molar-refractivity contribution in [2.75, 3.05) is 17.2 Å². The summed E-state index contributed by atoms with van der Waals surface area (Å²) in [6, 6.07) is 15.3. The Morgan fingerprint density at radius 1 is 1.10 bits per heavy atom. The second-order valence-corrected chi connectivity index (χ2v) is 5.39. The van der Waals surface area contributed by atoms with Crippen molar-refractivity contribution in [1.29, 1.82) is 0 Å². The second kappa shape index (κ2) is 6.00. The summed E-state index contributed by atoms with van der Waals surface area (Å²) in [6.45, 7) is 4.15. The zero-order chi connectivity index (χ0) is 13.8. The quantitative estimate of drug-likeness (QED) is 0.866. The minimum absolute atomic E-state index is 0.877. The van der Waals surface area contributed by atoms with E-state index in [-0.39, 0.29) is 0 Å². The van der Waals surface area contributed by atoms with Gasteiger partial charge in [0.2, 0.25) is 0 Å². The summed E-state index contributed by atoms with van der Waals surface area (Å²) in [6.07, 6.45) is 3.53. The third kappa shape index (κ3) is 2.79. The molecule has 0 saturated carbocycles. The predicted octanol–water partition coefficient (Wildman–Crippen LogP) is 4.22. The van der Waals surface area contributed by atoms with Gasteiger partial charge in [0.1, 0.15) is 0 Å². The molecule has 0 aliphatic carbocycles. The molecule has 0 radical (unpaired) electrons. The van der Waals surface area contributed by atoms with Gasteiger partial charge in [-0.05, 0) is 48.1 Å². The number of nitrogens with one attached hydrogen (secondary N) is 2. The topological polar surface area (TPSA) is 24.1 Å². The van der Waals surface area contributed by atoms with Gasteiger partial charge in [-0.15, -0.1) is 0 Å². The van der Waals surface area contributed by atoms with Gasteiger partial charge in [-0.3, -0.25) is 0 Å². The summed E-state index contributed by atoms with van der Waals surface area (Å²) >= 11 is 0. The van der Waals surface area contributed by atoms with E-state index in [0.29, 0.717) is 0 Å². The standard InChI is InChI=1S/C18H22N2/c1-2-14-8-10-17(11-9-14)20-13-16-6-3-5-15-7-4-12-19-18(15)16/h3,5-6,8-11,19-20H,2,4,7,12-13H2,1H3. The fourth-order valence-corrected chi connectivity index (χ4v) is 2.78. The average molecular weight is 266 g/mol. The van der Waals surface area contributed by atoms with E-state index in [2.05, 4.69) is 60.0 Å². The molecule has 2 N–H and O–H groups in total. The number of fused-ring (bicyclic) bond motifs is 1. The Morgan fingerprint density at radius 2 is 1.95 bits per heavy atom. The van der Waals surface area contributed by atoms with E-state index in [1.165, 1.54) is 40.9 Å². The van der Waals surface area contributed by atoms with Gasteiger partial charge >= 0.3 is 0 Å². The van der Waals surface area contributed by atoms with E-state index >= 15 is 0 Å². The molecule has 2 heteroatoms. The Hall–Kier alpha value is -1.96. The first-order chi connectivity index (χ1) is 9.86. The Labute approximate surface area is 121 Å². The summed E-state index contributed by atoms with van der Waals surface area (Å²) in [5.41, 5.74) is 6.74. The first kappa shape index (κ1) is 13.0. The lowest BCUT2D eigenvalue weighted by atomic mass is 9.99. The van der Waals surface area contributed by atoms with Crippen LogP contribution in [0.1, 0.15) is 30.0 Å². The third-order valence-electron chi connectivity index (χ3n) is 4.01. The van der Waals surface area contributed by atoms with Gasteiger partial charge in [0.25, 0.3) is 0 Å². The highest BCUT2D eigenvalue weighted by atomic mass is 14.9. The van der Waals surface area contributed by atoms with Crippen LogP contribution in [0.25, 0.3) is 0 Å². The Morgan fingerprint density at radius 3 is 2.75 bits per heavy atom. The maximum Gasteiger partial charge on any atom is 0.0423 e. The molecule has 0 saturated heterocycles. The molecule has 0 aromatic heterocycles. The van der Waals surface area contributed by atoms with E-state index < -0.39 is 0 Å². The smallest absolute Gasteiger partial charge is 0.0423 e. The van der Waals surface area contributed by atoms with Crippen molar-refractivity contribution in [1.82, 2.24) is 0 Å². The molecule has 2 nitrogen and oxygen atoms in total. The number of anilines is 2. The number of para-hydroxylation sites is 1. The van der Waals surface area contributed by atoms with Gasteiger partial charge in [-0.2, -0.15) is 0 Å². The summed E-state index contributed by atoms with van der Waals surface area (Å²) in [4.78, 5) is 0. The van der Waals surface area contributed by atoms with Crippen molar-refractivity contribution in [3.8, 4) is 0 Å². The highest BCUT2D eigenvalue weighted by Crippen LogP contribution is 2.26. The monoisotopic (exact) mass is 266 g/mol. The van der Waals surface area contributed by atoms with Gasteiger partial charge < -0.3 is 10.6 Å². The highest BCUT2D eigenvalue weighted by Gasteiger charge is 2.11. The van der Waals surface area contributed by atoms with E-state index in [0.717, 1.165) is 19.5 Å². The van der Waals surface area contributed by atoms with Crippen LogP contribution >= 0.6 is 0 Å². The van der Waals surface area contributed by atoms with Crippen LogP contribution in [-0.4, -0.2) is 6.54 Å². The molecule has 1 aliphatic heterocycles. The lowest BCUT2D eigenvalue weighted by Gasteiger charge is -2.21. The highest BCUT2D eigenvalue weighted by molar-refractivity contribution is 5.60. The number of aryl methyl sites for hydroxylation is 2. The summed E-state index contributed by atoms with van der Waals surface area (Å²) in [5.74, 6) is 0. The molecule has 0 unspecified atom stereocenters. The van der Waals surface area contributed by atoms with Crippen LogP contribution in [0.2, 0.25) is 0 Å². The van der Waals surface area contributed by atoms with Crippen molar-refractivity contribution in [2.24, 2.45) is 0 Å². The predicted molar refractivity (Wildman–Crippen MR) is 86.4 cm³/mol. The molecular weight excluding hydrogens is 244 g/mol. The van der Waals surface area contributed by atoms with Gasteiger partial charge in [0.15, 0.2) is 0 Å². The van der Waals surface area contributed by atoms with Crippen LogP contribution in [0.4, 0.5) is 11.4 Å². The first-order valence-electron chi connectivity index (χ1n) is 7.54. The fraction of sp³-hybridized carbons (Fsp3) is 0.333. The second-order valence-electron chi connectivity index (χ2n) is 5.39. The van der Waals surface area contributed by atoms with E-state index in [1.807, 2.05) is 0 Å². The summed E-state index contributed by atoms with van der Waals surface area (Å²) in [7, 11) is 0. The van der Waals surface area contributed by atoms with Crippen molar-refractivity contribution < 1.29 is 0 Å². The molecule has 104 valence electrons. The molecule has 3 rings (SSSR count). The van der Waals surface area contributed by atoms with Crippen molar-refractivity contribution in [2.45, 2.75) is 32.7 Å². The lowest BCUT2D eigenvalue weighted by Crippen LogP contribution is -2.14. The van der Waals surface area contributed by atoms with Crippen molar-refractivity contribution in [3.05, 3.63) is 59.2 Å². The molecule has 2 aromatic rings. The van der Waals surface area contributed by atoms with Crippen LogP contribution in [0, 0.1) is 0 Å². The molecule has 0 bridgehead atoms.